The summed E-state index contributed by atoms with van der Waals surface area (Å²) in [6, 6.07) is 10.3. The summed E-state index contributed by atoms with van der Waals surface area (Å²) >= 11 is 3.30. The maximum atomic E-state index is 13.3. The second-order valence-electron chi connectivity index (χ2n) is 4.03. The van der Waals surface area contributed by atoms with E-state index >= 15 is 0 Å². The van der Waals surface area contributed by atoms with E-state index in [1.807, 2.05) is 12.1 Å². The van der Waals surface area contributed by atoms with Crippen molar-refractivity contribution < 1.29 is 13.6 Å². The number of hydrogen-bond acceptors (Lipinski definition) is 2. The molecule has 0 aliphatic carbocycles. The van der Waals surface area contributed by atoms with Gasteiger partial charge in [0.15, 0.2) is 0 Å². The van der Waals surface area contributed by atoms with Gasteiger partial charge in [-0.15, -0.1) is 0 Å². The van der Waals surface area contributed by atoms with E-state index in [0.717, 1.165) is 22.3 Å². The van der Waals surface area contributed by atoms with Gasteiger partial charge in [0.2, 0.25) is 5.91 Å². The second-order valence-corrected chi connectivity index (χ2v) is 4.95. The van der Waals surface area contributed by atoms with Crippen molar-refractivity contribution in [3.05, 3.63) is 58.6 Å². The average molecular weight is 341 g/mol. The highest BCUT2D eigenvalue weighted by Crippen LogP contribution is 2.16. The Labute approximate surface area is 123 Å². The Morgan fingerprint density at radius 1 is 1.10 bits per heavy atom. The molecular weight excluding hydrogens is 330 g/mol. The number of hydrogen-bond donors (Lipinski definition) is 2. The quantitative estimate of drug-likeness (QED) is 0.889. The molecule has 0 fully saturated rings. The van der Waals surface area contributed by atoms with Crippen molar-refractivity contribution in [3.8, 4) is 0 Å². The molecule has 0 spiro atoms. The van der Waals surface area contributed by atoms with E-state index in [1.165, 1.54) is 6.07 Å². The first kappa shape index (κ1) is 14.5. The molecule has 0 aliphatic heterocycles. The van der Waals surface area contributed by atoms with Crippen LogP contribution in [-0.2, 0) is 4.79 Å². The maximum absolute atomic E-state index is 13.3. The average Bonchev–Trinajstić information content (AvgIpc) is 2.41. The van der Waals surface area contributed by atoms with E-state index < -0.39 is 17.5 Å². The van der Waals surface area contributed by atoms with Crippen molar-refractivity contribution in [2.45, 2.75) is 0 Å². The Kier molecular flexibility index (Phi) is 4.68. The minimum absolute atomic E-state index is 0.0154. The molecule has 0 radical (unpaired) electrons. The number of rotatable bonds is 4. The molecule has 104 valence electrons. The predicted octanol–water partition coefficient (Wildman–Crippen LogP) is 3.78. The Morgan fingerprint density at radius 2 is 1.80 bits per heavy atom. The Morgan fingerprint density at radius 3 is 2.45 bits per heavy atom. The molecular formula is C14H11BrF2N2O. The first-order chi connectivity index (χ1) is 9.54. The summed E-state index contributed by atoms with van der Waals surface area (Å²) in [5, 5.41) is 5.26. The Bertz CT molecular complexity index is 617. The number of amides is 1. The first-order valence-electron chi connectivity index (χ1n) is 5.79. The normalized spacial score (nSPS) is 10.2. The third kappa shape index (κ3) is 4.03. The molecule has 6 heteroatoms. The van der Waals surface area contributed by atoms with Crippen LogP contribution in [0.2, 0.25) is 0 Å². The highest BCUT2D eigenvalue weighted by Gasteiger charge is 2.07. The summed E-state index contributed by atoms with van der Waals surface area (Å²) in [6.07, 6.45) is 0. The number of carbonyl (C=O) groups is 1. The number of carbonyl (C=O) groups excluding carboxylic acids is 1. The summed E-state index contributed by atoms with van der Waals surface area (Å²) in [7, 11) is 0. The third-order valence-corrected chi connectivity index (χ3v) is 3.03. The van der Waals surface area contributed by atoms with Gasteiger partial charge in [0.1, 0.15) is 11.6 Å². The van der Waals surface area contributed by atoms with Crippen molar-refractivity contribution in [1.29, 1.82) is 0 Å². The summed E-state index contributed by atoms with van der Waals surface area (Å²) < 4.78 is 27.0. The number of nitrogens with one attached hydrogen (secondary N) is 2. The van der Waals surface area contributed by atoms with Crippen molar-refractivity contribution in [1.82, 2.24) is 0 Å². The lowest BCUT2D eigenvalue weighted by Crippen LogP contribution is -2.22. The Balaban J connectivity index is 1.90. The van der Waals surface area contributed by atoms with Gasteiger partial charge < -0.3 is 10.6 Å². The molecule has 0 unspecified atom stereocenters. The van der Waals surface area contributed by atoms with E-state index in [4.69, 9.17) is 0 Å². The van der Waals surface area contributed by atoms with Gasteiger partial charge in [-0.25, -0.2) is 8.78 Å². The van der Waals surface area contributed by atoms with Crippen LogP contribution in [0.15, 0.2) is 46.9 Å². The Hall–Kier alpha value is -1.95. The van der Waals surface area contributed by atoms with Gasteiger partial charge in [-0.1, -0.05) is 15.9 Å². The number of anilines is 2. The van der Waals surface area contributed by atoms with Crippen LogP contribution in [0.1, 0.15) is 0 Å². The molecule has 0 heterocycles. The molecule has 1 amide bonds. The smallest absolute Gasteiger partial charge is 0.243 e. The van der Waals surface area contributed by atoms with Crippen LogP contribution >= 0.6 is 15.9 Å². The van der Waals surface area contributed by atoms with Gasteiger partial charge >= 0.3 is 0 Å². The van der Waals surface area contributed by atoms with Crippen molar-refractivity contribution in [2.75, 3.05) is 17.2 Å². The molecule has 0 aromatic heterocycles. The SMILES string of the molecule is O=C(CNc1ccc(Br)cc1)Nc1ccc(F)cc1F. The van der Waals surface area contributed by atoms with Gasteiger partial charge in [-0.2, -0.15) is 0 Å². The fraction of sp³-hybridized carbons (Fsp3) is 0.0714. The van der Waals surface area contributed by atoms with E-state index in [0.29, 0.717) is 0 Å². The number of halogens is 3. The van der Waals surface area contributed by atoms with E-state index in [-0.39, 0.29) is 12.2 Å². The minimum Gasteiger partial charge on any atom is -0.376 e. The molecule has 2 N–H and O–H groups in total. The van der Waals surface area contributed by atoms with Crippen LogP contribution in [0, 0.1) is 11.6 Å². The van der Waals surface area contributed by atoms with Crippen molar-refractivity contribution in [3.63, 3.8) is 0 Å². The van der Waals surface area contributed by atoms with Crippen molar-refractivity contribution >= 4 is 33.2 Å². The molecule has 2 aromatic carbocycles. The molecule has 2 aromatic rings. The van der Waals surface area contributed by atoms with Crippen LogP contribution in [0.25, 0.3) is 0 Å². The first-order valence-corrected chi connectivity index (χ1v) is 6.58. The molecule has 0 bridgehead atoms. The predicted molar refractivity (Wildman–Crippen MR) is 77.6 cm³/mol. The molecule has 0 atom stereocenters. The summed E-state index contributed by atoms with van der Waals surface area (Å²) in [5.74, 6) is -1.91. The van der Waals surface area contributed by atoms with Crippen LogP contribution in [0.4, 0.5) is 20.2 Å². The topological polar surface area (TPSA) is 41.1 Å². The summed E-state index contributed by atoms with van der Waals surface area (Å²) in [6.45, 7) is -0.0154. The van der Waals surface area contributed by atoms with Crippen LogP contribution in [0.3, 0.4) is 0 Å². The zero-order valence-electron chi connectivity index (χ0n) is 10.3. The third-order valence-electron chi connectivity index (χ3n) is 2.50. The van der Waals surface area contributed by atoms with Gasteiger partial charge in [-0.3, -0.25) is 4.79 Å². The van der Waals surface area contributed by atoms with Gasteiger partial charge in [0.05, 0.1) is 12.2 Å². The highest BCUT2D eigenvalue weighted by molar-refractivity contribution is 9.10. The van der Waals surface area contributed by atoms with Crippen LogP contribution in [-0.4, -0.2) is 12.5 Å². The lowest BCUT2D eigenvalue weighted by molar-refractivity contribution is -0.114. The fourth-order valence-electron chi connectivity index (χ4n) is 1.54. The van der Waals surface area contributed by atoms with Gasteiger partial charge in [0.25, 0.3) is 0 Å². The largest absolute Gasteiger partial charge is 0.376 e. The van der Waals surface area contributed by atoms with E-state index in [2.05, 4.69) is 26.6 Å². The molecule has 2 rings (SSSR count). The lowest BCUT2D eigenvalue weighted by atomic mass is 10.3. The molecule has 0 saturated heterocycles. The standard InChI is InChI=1S/C14H11BrF2N2O/c15-9-1-4-11(5-2-9)18-8-14(20)19-13-6-3-10(16)7-12(13)17/h1-7,18H,8H2,(H,19,20). The zero-order chi connectivity index (χ0) is 14.5. The van der Waals surface area contributed by atoms with Gasteiger partial charge in [0, 0.05) is 16.2 Å². The monoisotopic (exact) mass is 340 g/mol. The lowest BCUT2D eigenvalue weighted by Gasteiger charge is -2.08. The van der Waals surface area contributed by atoms with Crippen molar-refractivity contribution in [2.24, 2.45) is 0 Å². The summed E-state index contributed by atoms with van der Waals surface area (Å²) in [5.41, 5.74) is 0.719. The van der Waals surface area contributed by atoms with Gasteiger partial charge in [-0.05, 0) is 36.4 Å². The highest BCUT2D eigenvalue weighted by atomic mass is 79.9. The number of benzene rings is 2. The maximum Gasteiger partial charge on any atom is 0.243 e. The molecule has 0 saturated carbocycles. The minimum atomic E-state index is -0.804. The van der Waals surface area contributed by atoms with Crippen LogP contribution in [0.5, 0.6) is 0 Å². The van der Waals surface area contributed by atoms with E-state index in [1.54, 1.807) is 12.1 Å². The zero-order valence-corrected chi connectivity index (χ0v) is 11.9. The van der Waals surface area contributed by atoms with E-state index in [9.17, 15) is 13.6 Å². The summed E-state index contributed by atoms with van der Waals surface area (Å²) in [4.78, 5) is 11.6. The molecule has 3 nitrogen and oxygen atoms in total. The molecule has 20 heavy (non-hydrogen) atoms. The molecule has 0 aliphatic rings. The second kappa shape index (κ2) is 6.47. The van der Waals surface area contributed by atoms with Crippen LogP contribution < -0.4 is 10.6 Å². The fourth-order valence-corrected chi connectivity index (χ4v) is 1.80.